The van der Waals surface area contributed by atoms with Gasteiger partial charge in [-0.2, -0.15) is 0 Å². The lowest BCUT2D eigenvalue weighted by molar-refractivity contribution is -0.151. The van der Waals surface area contributed by atoms with Crippen molar-refractivity contribution in [2.24, 2.45) is 0 Å². The second kappa shape index (κ2) is 53.3. The van der Waals surface area contributed by atoms with Gasteiger partial charge in [-0.05, 0) is 38.5 Å². The molecule has 0 aromatic rings. The smallest absolute Gasteiger partial charge is 0.306 e. The maximum absolute atomic E-state index is 13.2. The van der Waals surface area contributed by atoms with E-state index in [2.05, 4.69) is 38.2 Å². The lowest BCUT2D eigenvalue weighted by Gasteiger charge is -2.24. The summed E-state index contributed by atoms with van der Waals surface area (Å²) in [5.74, 6) is -0.542. The van der Waals surface area contributed by atoms with E-state index in [-0.39, 0.29) is 24.9 Å². The van der Waals surface area contributed by atoms with Crippen LogP contribution in [0.4, 0.5) is 0 Å². The fourth-order valence-electron chi connectivity index (χ4n) is 8.47. The lowest BCUT2D eigenvalue weighted by Crippen LogP contribution is -2.46. The third kappa shape index (κ3) is 47.8. The quantitative estimate of drug-likeness (QED) is 0.0321. The van der Waals surface area contributed by atoms with Gasteiger partial charge in [-0.15, -0.1) is 0 Å². The Morgan fingerprint density at radius 2 is 0.818 bits per heavy atom. The minimum Gasteiger partial charge on any atom is -0.462 e. The Morgan fingerprint density at radius 3 is 1.21 bits per heavy atom. The summed E-state index contributed by atoms with van der Waals surface area (Å²) in [5, 5.41) is 23.8. The molecule has 0 fully saturated rings. The zero-order valence-electron chi connectivity index (χ0n) is 43.6. The van der Waals surface area contributed by atoms with Gasteiger partial charge in [0.2, 0.25) is 5.91 Å². The van der Waals surface area contributed by atoms with E-state index in [1.54, 1.807) is 0 Å². The summed E-state index contributed by atoms with van der Waals surface area (Å²) in [6, 6.07) is -0.728. The van der Waals surface area contributed by atoms with Crippen molar-refractivity contribution in [1.82, 2.24) is 5.32 Å². The molecule has 3 N–H and O–H groups in total. The highest BCUT2D eigenvalue weighted by Gasteiger charge is 2.24. The van der Waals surface area contributed by atoms with Gasteiger partial charge in [0.1, 0.15) is 6.10 Å². The average molecular weight is 923 g/mol. The summed E-state index contributed by atoms with van der Waals surface area (Å²) >= 11 is 0. The molecule has 0 saturated carbocycles. The van der Waals surface area contributed by atoms with Crippen molar-refractivity contribution in [3.8, 4) is 0 Å². The van der Waals surface area contributed by atoms with Crippen LogP contribution in [-0.2, 0) is 14.3 Å². The third-order valence-corrected chi connectivity index (χ3v) is 12.7. The molecule has 0 spiro atoms. The van der Waals surface area contributed by atoms with Gasteiger partial charge in [0.25, 0.3) is 0 Å². The molecule has 0 saturated heterocycles. The van der Waals surface area contributed by atoms with Crippen molar-refractivity contribution in [2.75, 3.05) is 6.61 Å². The standard InChI is InChI=1S/C60H107NO5/c1-4-7-10-13-16-19-22-25-28-29-32-34-37-40-43-46-49-52-58(63)57(55-62)61-59(64)54-56(51-48-45-42-39-36-33-30-26-23-20-17-14-11-8-5-2)66-60(65)53-50-47-44-41-38-35-31-27-24-21-18-15-12-9-6-3/h8,11,14,17,20,23,26,30,33,36,39,42,56-58,62-63H,4-7,9-10,12-13,15-16,18-19,21-22,24-25,27-29,31-32,34-35,37-38,40-41,43-55H2,1-3H3,(H,61,64)/b11-8-,17-14+,23-20+,30-26-,36-33+,42-39+. The second-order valence-electron chi connectivity index (χ2n) is 19.1. The van der Waals surface area contributed by atoms with Crippen molar-refractivity contribution >= 4 is 11.9 Å². The molecule has 3 atom stereocenters. The van der Waals surface area contributed by atoms with Gasteiger partial charge in [0.05, 0.1) is 25.2 Å². The largest absolute Gasteiger partial charge is 0.462 e. The Bertz CT molecular complexity index is 1220. The van der Waals surface area contributed by atoms with E-state index < -0.39 is 18.2 Å². The Balaban J connectivity index is 4.63. The number of aliphatic hydroxyl groups excluding tert-OH is 2. The Morgan fingerprint density at radius 1 is 0.455 bits per heavy atom. The molecule has 0 aromatic heterocycles. The topological polar surface area (TPSA) is 95.9 Å². The number of ether oxygens (including phenoxy) is 1. The molecule has 6 nitrogen and oxygen atoms in total. The predicted octanol–water partition coefficient (Wildman–Crippen LogP) is 17.3. The zero-order chi connectivity index (χ0) is 48.1. The van der Waals surface area contributed by atoms with Crippen LogP contribution >= 0.6 is 0 Å². The van der Waals surface area contributed by atoms with Gasteiger partial charge >= 0.3 is 5.97 Å². The van der Waals surface area contributed by atoms with Crippen LogP contribution in [0.1, 0.15) is 271 Å². The number of carbonyl (C=O) groups excluding carboxylic acids is 2. The highest BCUT2D eigenvalue weighted by atomic mass is 16.5. The SMILES string of the molecule is CC\C=C/C=C/C=C/C=C\C=C\C=C\CCCC(CC(=O)NC(CO)C(O)CCCCCCCCCCCCCCCCCCC)OC(=O)CCCCCCCCCCCCCCCCC. The molecule has 0 radical (unpaired) electrons. The van der Waals surface area contributed by atoms with E-state index in [0.717, 1.165) is 57.8 Å². The molecular formula is C60H107NO5. The van der Waals surface area contributed by atoms with Gasteiger partial charge in [-0.1, -0.05) is 293 Å². The minimum absolute atomic E-state index is 0.0267. The fraction of sp³-hybridized carbons (Fsp3) is 0.767. The first kappa shape index (κ1) is 63.3. The van der Waals surface area contributed by atoms with Crippen LogP contribution < -0.4 is 5.32 Å². The Labute approximate surface area is 409 Å². The van der Waals surface area contributed by atoms with Gasteiger partial charge in [-0.25, -0.2) is 0 Å². The number of hydrogen-bond acceptors (Lipinski definition) is 5. The molecule has 382 valence electrons. The van der Waals surface area contributed by atoms with Gasteiger partial charge < -0.3 is 20.3 Å². The molecular weight excluding hydrogens is 815 g/mol. The Hall–Kier alpha value is -2.70. The molecule has 0 aliphatic carbocycles. The molecule has 1 amide bonds. The first-order chi connectivity index (χ1) is 32.5. The van der Waals surface area contributed by atoms with Gasteiger partial charge in [0, 0.05) is 6.42 Å². The van der Waals surface area contributed by atoms with Crippen molar-refractivity contribution < 1.29 is 24.5 Å². The number of allylic oxidation sites excluding steroid dienone is 12. The summed E-state index contributed by atoms with van der Waals surface area (Å²) in [7, 11) is 0. The number of amides is 1. The highest BCUT2D eigenvalue weighted by Crippen LogP contribution is 2.18. The lowest BCUT2D eigenvalue weighted by atomic mass is 10.0. The number of aliphatic hydroxyl groups is 2. The number of esters is 1. The zero-order valence-corrected chi connectivity index (χ0v) is 43.6. The summed E-state index contributed by atoms with van der Waals surface area (Å²) in [6.45, 7) is 6.34. The van der Waals surface area contributed by atoms with E-state index in [9.17, 15) is 19.8 Å². The van der Waals surface area contributed by atoms with E-state index >= 15 is 0 Å². The van der Waals surface area contributed by atoms with Crippen LogP contribution in [0.5, 0.6) is 0 Å². The fourth-order valence-corrected chi connectivity index (χ4v) is 8.47. The third-order valence-electron chi connectivity index (χ3n) is 12.7. The normalized spacial score (nSPS) is 13.7. The second-order valence-corrected chi connectivity index (χ2v) is 19.1. The molecule has 0 aromatic carbocycles. The summed E-state index contributed by atoms with van der Waals surface area (Å²) in [6.07, 6.45) is 68.3. The first-order valence-corrected chi connectivity index (χ1v) is 28.2. The molecule has 66 heavy (non-hydrogen) atoms. The first-order valence-electron chi connectivity index (χ1n) is 28.2. The predicted molar refractivity (Wildman–Crippen MR) is 287 cm³/mol. The molecule has 3 unspecified atom stereocenters. The maximum Gasteiger partial charge on any atom is 0.306 e. The van der Waals surface area contributed by atoms with Crippen LogP contribution in [0.2, 0.25) is 0 Å². The van der Waals surface area contributed by atoms with Gasteiger partial charge in [0.15, 0.2) is 0 Å². The Kier molecular flexibility index (Phi) is 51.1. The summed E-state index contributed by atoms with van der Waals surface area (Å²) in [5.41, 5.74) is 0. The van der Waals surface area contributed by atoms with Crippen molar-refractivity contribution in [3.63, 3.8) is 0 Å². The molecule has 0 aliphatic heterocycles. The maximum atomic E-state index is 13.2. The van der Waals surface area contributed by atoms with Crippen molar-refractivity contribution in [2.45, 2.75) is 289 Å². The molecule has 0 aliphatic rings. The average Bonchev–Trinajstić information content (AvgIpc) is 3.31. The van der Waals surface area contributed by atoms with Crippen LogP contribution in [0, 0.1) is 0 Å². The van der Waals surface area contributed by atoms with Crippen LogP contribution in [0.15, 0.2) is 72.9 Å². The highest BCUT2D eigenvalue weighted by molar-refractivity contribution is 5.77. The molecule has 6 heteroatoms. The number of hydrogen-bond donors (Lipinski definition) is 3. The van der Waals surface area contributed by atoms with Crippen molar-refractivity contribution in [3.05, 3.63) is 72.9 Å². The van der Waals surface area contributed by atoms with Crippen molar-refractivity contribution in [1.29, 1.82) is 0 Å². The number of rotatable bonds is 50. The number of carbonyl (C=O) groups is 2. The molecule has 0 heterocycles. The summed E-state index contributed by atoms with van der Waals surface area (Å²) < 4.78 is 5.91. The molecule has 0 bridgehead atoms. The van der Waals surface area contributed by atoms with E-state index in [1.807, 2.05) is 60.8 Å². The van der Waals surface area contributed by atoms with Crippen LogP contribution in [0.25, 0.3) is 0 Å². The van der Waals surface area contributed by atoms with E-state index in [0.29, 0.717) is 19.3 Å². The van der Waals surface area contributed by atoms with E-state index in [1.165, 1.54) is 167 Å². The number of unbranched alkanes of at least 4 members (excludes halogenated alkanes) is 31. The van der Waals surface area contributed by atoms with E-state index in [4.69, 9.17) is 4.74 Å². The summed E-state index contributed by atoms with van der Waals surface area (Å²) in [4.78, 5) is 26.2. The van der Waals surface area contributed by atoms with Crippen LogP contribution in [0.3, 0.4) is 0 Å². The van der Waals surface area contributed by atoms with Gasteiger partial charge in [-0.3, -0.25) is 9.59 Å². The monoisotopic (exact) mass is 922 g/mol. The minimum atomic E-state index is -0.810. The number of nitrogens with one attached hydrogen (secondary N) is 1. The van der Waals surface area contributed by atoms with Crippen LogP contribution in [-0.4, -0.2) is 46.9 Å². The molecule has 0 rings (SSSR count).